The van der Waals surface area contributed by atoms with E-state index in [-0.39, 0.29) is 23.9 Å². The summed E-state index contributed by atoms with van der Waals surface area (Å²) in [6.07, 6.45) is 5.17. The first-order chi connectivity index (χ1) is 16.1. The Morgan fingerprint density at radius 1 is 1.24 bits per heavy atom. The summed E-state index contributed by atoms with van der Waals surface area (Å²) < 4.78 is 5.98. The average Bonchev–Trinajstić information content (AvgIpc) is 3.14. The number of furan rings is 1. The van der Waals surface area contributed by atoms with Gasteiger partial charge in [0.2, 0.25) is 5.91 Å². The van der Waals surface area contributed by atoms with Gasteiger partial charge in [0.25, 0.3) is 5.91 Å². The Bertz CT molecular complexity index is 1180. The molecule has 3 heterocycles. The maximum atomic E-state index is 13.7. The number of hydrogen-bond donors (Lipinski definition) is 1. The van der Waals surface area contributed by atoms with Crippen molar-refractivity contribution < 1.29 is 14.0 Å². The van der Waals surface area contributed by atoms with Crippen molar-refractivity contribution in [1.82, 2.24) is 15.2 Å². The van der Waals surface area contributed by atoms with E-state index in [0.29, 0.717) is 29.3 Å². The summed E-state index contributed by atoms with van der Waals surface area (Å²) in [5.74, 6) is 0.204. The molecule has 2 atom stereocenters. The van der Waals surface area contributed by atoms with Gasteiger partial charge in [0.1, 0.15) is 5.58 Å². The highest BCUT2D eigenvalue weighted by Gasteiger charge is 2.34. The number of aryl methyl sites for hydroxylation is 1. The normalized spacial score (nSPS) is 17.6. The van der Waals surface area contributed by atoms with E-state index in [0.717, 1.165) is 35.9 Å². The minimum Gasteiger partial charge on any atom is -0.451 e. The van der Waals surface area contributed by atoms with E-state index in [9.17, 15) is 9.59 Å². The van der Waals surface area contributed by atoms with Crippen LogP contribution in [0.4, 0.5) is 0 Å². The maximum Gasteiger partial charge on any atom is 0.290 e. The number of pyridine rings is 1. The van der Waals surface area contributed by atoms with Gasteiger partial charge < -0.3 is 14.6 Å². The molecular formula is C27H32ClN3O3. The molecule has 1 aliphatic heterocycles. The minimum absolute atomic E-state index is 0.0373. The van der Waals surface area contributed by atoms with E-state index < -0.39 is 5.41 Å². The second-order valence-corrected chi connectivity index (χ2v) is 10.5. The number of hydrogen-bond acceptors (Lipinski definition) is 4. The predicted molar refractivity (Wildman–Crippen MR) is 134 cm³/mol. The lowest BCUT2D eigenvalue weighted by Crippen LogP contribution is -2.47. The number of aromatic nitrogens is 1. The Hall–Kier alpha value is -2.86. The van der Waals surface area contributed by atoms with Crippen LogP contribution in [0, 0.1) is 12.3 Å². The second-order valence-electron chi connectivity index (χ2n) is 10.1. The second kappa shape index (κ2) is 9.79. The average molecular weight is 482 g/mol. The first-order valence-corrected chi connectivity index (χ1v) is 12.2. The van der Waals surface area contributed by atoms with Crippen LogP contribution in [0.5, 0.6) is 0 Å². The predicted octanol–water partition coefficient (Wildman–Crippen LogP) is 6.08. The maximum absolute atomic E-state index is 13.7. The number of nitrogens with zero attached hydrogens (tertiary/aromatic N) is 2. The Kier molecular flexibility index (Phi) is 6.99. The van der Waals surface area contributed by atoms with Crippen molar-refractivity contribution >= 4 is 34.4 Å². The molecule has 0 saturated carbocycles. The molecule has 6 nitrogen and oxygen atoms in total. The van der Waals surface area contributed by atoms with Gasteiger partial charge in [0.15, 0.2) is 5.76 Å². The summed E-state index contributed by atoms with van der Waals surface area (Å²) in [7, 11) is 0. The fourth-order valence-corrected chi connectivity index (χ4v) is 4.70. The SMILES string of the molecule is Cc1c(C(=O)N2CCCC[C@H]2C[C@@H](NC(=O)C(C)(C)C)c2ccccn2)oc2ccc(Cl)cc12. The number of piperidine rings is 1. The van der Waals surface area contributed by atoms with Gasteiger partial charge in [-0.3, -0.25) is 14.6 Å². The zero-order chi connectivity index (χ0) is 24.5. The van der Waals surface area contributed by atoms with E-state index in [1.807, 2.05) is 56.9 Å². The smallest absolute Gasteiger partial charge is 0.290 e. The van der Waals surface area contributed by atoms with Gasteiger partial charge in [-0.15, -0.1) is 0 Å². The van der Waals surface area contributed by atoms with E-state index in [2.05, 4.69) is 10.3 Å². The van der Waals surface area contributed by atoms with Gasteiger partial charge in [-0.25, -0.2) is 0 Å². The van der Waals surface area contributed by atoms with Crippen LogP contribution in [-0.4, -0.2) is 34.3 Å². The Labute approximate surface area is 205 Å². The van der Waals surface area contributed by atoms with Gasteiger partial charge in [-0.05, 0) is 62.9 Å². The van der Waals surface area contributed by atoms with Crippen molar-refractivity contribution in [2.45, 2.75) is 65.5 Å². The molecule has 1 N–H and O–H groups in total. The fraction of sp³-hybridized carbons (Fsp3) is 0.444. The molecular weight excluding hydrogens is 450 g/mol. The van der Waals surface area contributed by atoms with Crippen LogP contribution in [0.2, 0.25) is 5.02 Å². The summed E-state index contributed by atoms with van der Waals surface area (Å²) in [6, 6.07) is 10.8. The van der Waals surface area contributed by atoms with E-state index in [4.69, 9.17) is 16.0 Å². The Balaban J connectivity index is 1.62. The van der Waals surface area contributed by atoms with Crippen LogP contribution in [-0.2, 0) is 4.79 Å². The number of rotatable bonds is 5. The largest absolute Gasteiger partial charge is 0.451 e. The van der Waals surface area contributed by atoms with Crippen LogP contribution >= 0.6 is 11.6 Å². The van der Waals surface area contributed by atoms with Crippen LogP contribution in [0.1, 0.15) is 74.3 Å². The molecule has 1 aliphatic rings. The monoisotopic (exact) mass is 481 g/mol. The zero-order valence-electron chi connectivity index (χ0n) is 20.2. The summed E-state index contributed by atoms with van der Waals surface area (Å²) in [6.45, 7) is 8.23. The third kappa shape index (κ3) is 5.12. The van der Waals surface area contributed by atoms with Gasteiger partial charge in [0.05, 0.1) is 11.7 Å². The van der Waals surface area contributed by atoms with Crippen LogP contribution in [0.25, 0.3) is 11.0 Å². The summed E-state index contributed by atoms with van der Waals surface area (Å²) in [5, 5.41) is 4.65. The van der Waals surface area contributed by atoms with Crippen molar-refractivity contribution in [2.24, 2.45) is 5.41 Å². The standard InChI is InChI=1S/C27H32ClN3O3/c1-17-20-15-18(28)11-12-23(20)34-24(17)25(32)31-14-8-6-9-19(31)16-22(21-10-5-7-13-29-21)30-26(33)27(2,3)4/h5,7,10-13,15,19,22H,6,8-9,14,16H2,1-4H3,(H,30,33)/t19-,22+/m0/s1. The van der Waals surface area contributed by atoms with Gasteiger partial charge in [-0.2, -0.15) is 0 Å². The number of amides is 2. The number of fused-ring (bicyclic) bond motifs is 1. The lowest BCUT2D eigenvalue weighted by atomic mass is 9.91. The lowest BCUT2D eigenvalue weighted by molar-refractivity contribution is -0.129. The molecule has 1 aromatic carbocycles. The molecule has 2 amide bonds. The minimum atomic E-state index is -0.526. The zero-order valence-corrected chi connectivity index (χ0v) is 21.0. The van der Waals surface area contributed by atoms with Crippen molar-refractivity contribution in [3.63, 3.8) is 0 Å². The van der Waals surface area contributed by atoms with E-state index >= 15 is 0 Å². The number of likely N-dealkylation sites (tertiary alicyclic amines) is 1. The molecule has 0 unspecified atom stereocenters. The van der Waals surface area contributed by atoms with Crippen molar-refractivity contribution in [3.8, 4) is 0 Å². The van der Waals surface area contributed by atoms with Crippen LogP contribution in [0.3, 0.4) is 0 Å². The summed E-state index contributed by atoms with van der Waals surface area (Å²) >= 11 is 6.16. The highest BCUT2D eigenvalue weighted by Crippen LogP contribution is 2.32. The molecule has 0 aliphatic carbocycles. The summed E-state index contributed by atoms with van der Waals surface area (Å²) in [5.41, 5.74) is 1.73. The number of nitrogens with one attached hydrogen (secondary N) is 1. The molecule has 0 radical (unpaired) electrons. The molecule has 0 bridgehead atoms. The quantitative estimate of drug-likeness (QED) is 0.479. The highest BCUT2D eigenvalue weighted by atomic mass is 35.5. The van der Waals surface area contributed by atoms with Crippen molar-refractivity contribution in [3.05, 3.63) is 64.6 Å². The van der Waals surface area contributed by atoms with Crippen molar-refractivity contribution in [1.29, 1.82) is 0 Å². The fourth-order valence-electron chi connectivity index (χ4n) is 4.52. The van der Waals surface area contributed by atoms with E-state index in [1.165, 1.54) is 0 Å². The van der Waals surface area contributed by atoms with Crippen LogP contribution < -0.4 is 5.32 Å². The molecule has 180 valence electrons. The molecule has 7 heteroatoms. The van der Waals surface area contributed by atoms with Crippen molar-refractivity contribution in [2.75, 3.05) is 6.54 Å². The highest BCUT2D eigenvalue weighted by molar-refractivity contribution is 6.31. The third-order valence-corrected chi connectivity index (χ3v) is 6.75. The first kappa shape index (κ1) is 24.3. The Morgan fingerprint density at radius 2 is 2.03 bits per heavy atom. The van der Waals surface area contributed by atoms with Gasteiger partial charge >= 0.3 is 0 Å². The Morgan fingerprint density at radius 3 is 2.74 bits per heavy atom. The number of benzene rings is 1. The third-order valence-electron chi connectivity index (χ3n) is 6.52. The molecule has 0 spiro atoms. The number of carbonyl (C=O) groups is 2. The van der Waals surface area contributed by atoms with Gasteiger partial charge in [0, 0.05) is 40.2 Å². The number of halogens is 1. The first-order valence-electron chi connectivity index (χ1n) is 11.9. The molecule has 2 aromatic heterocycles. The van der Waals surface area contributed by atoms with Crippen LogP contribution in [0.15, 0.2) is 47.0 Å². The lowest BCUT2D eigenvalue weighted by Gasteiger charge is -2.37. The molecule has 1 fully saturated rings. The molecule has 3 aromatic rings. The number of carbonyl (C=O) groups excluding carboxylic acids is 2. The molecule has 4 rings (SSSR count). The summed E-state index contributed by atoms with van der Waals surface area (Å²) in [4.78, 5) is 33.0. The van der Waals surface area contributed by atoms with E-state index in [1.54, 1.807) is 18.3 Å². The molecule has 1 saturated heterocycles. The topological polar surface area (TPSA) is 75.4 Å². The molecule has 34 heavy (non-hydrogen) atoms. The van der Waals surface area contributed by atoms with Gasteiger partial charge in [-0.1, -0.05) is 38.4 Å².